The molecule has 2 aromatic heterocycles. The Labute approximate surface area is 125 Å². The number of hydrogen-bond donors (Lipinski definition) is 1. The molecule has 0 saturated heterocycles. The SMILES string of the molecule is COc1ccc2c3c([nH]c2c1)C(=O)c1nc(C)ccc1C3=O. The molecule has 0 aliphatic heterocycles. The first-order chi connectivity index (χ1) is 10.6. The molecular formula is C17H12N2O3. The first kappa shape index (κ1) is 12.8. The van der Waals surface area contributed by atoms with Crippen LogP contribution in [-0.4, -0.2) is 28.6 Å². The van der Waals surface area contributed by atoms with E-state index in [0.29, 0.717) is 33.8 Å². The molecule has 0 atom stereocenters. The Hall–Kier alpha value is -2.95. The summed E-state index contributed by atoms with van der Waals surface area (Å²) in [7, 11) is 1.57. The van der Waals surface area contributed by atoms with Crippen LogP contribution < -0.4 is 4.74 Å². The molecule has 1 aromatic carbocycles. The van der Waals surface area contributed by atoms with Crippen molar-refractivity contribution in [2.45, 2.75) is 6.92 Å². The fraction of sp³-hybridized carbons (Fsp3) is 0.118. The van der Waals surface area contributed by atoms with E-state index in [2.05, 4.69) is 9.97 Å². The molecule has 0 amide bonds. The van der Waals surface area contributed by atoms with Crippen molar-refractivity contribution >= 4 is 22.5 Å². The number of aromatic nitrogens is 2. The Morgan fingerprint density at radius 1 is 1.09 bits per heavy atom. The van der Waals surface area contributed by atoms with Crippen LogP contribution in [0.25, 0.3) is 10.9 Å². The first-order valence-electron chi connectivity index (χ1n) is 6.87. The highest BCUT2D eigenvalue weighted by atomic mass is 16.5. The summed E-state index contributed by atoms with van der Waals surface area (Å²) in [6, 6.07) is 8.76. The monoisotopic (exact) mass is 292 g/mol. The van der Waals surface area contributed by atoms with Crippen LogP contribution in [0.3, 0.4) is 0 Å². The minimum Gasteiger partial charge on any atom is -0.497 e. The fourth-order valence-electron chi connectivity index (χ4n) is 2.88. The molecule has 0 radical (unpaired) electrons. The van der Waals surface area contributed by atoms with Gasteiger partial charge in [-0.2, -0.15) is 0 Å². The van der Waals surface area contributed by atoms with Crippen LogP contribution in [0.5, 0.6) is 5.75 Å². The van der Waals surface area contributed by atoms with E-state index < -0.39 is 0 Å². The summed E-state index contributed by atoms with van der Waals surface area (Å²) in [4.78, 5) is 32.7. The summed E-state index contributed by atoms with van der Waals surface area (Å²) in [5.41, 5.74) is 2.72. The Balaban J connectivity index is 2.04. The van der Waals surface area contributed by atoms with Gasteiger partial charge in [-0.15, -0.1) is 0 Å². The number of methoxy groups -OCH3 is 1. The van der Waals surface area contributed by atoms with Crippen LogP contribution in [0.4, 0.5) is 0 Å². The number of carbonyl (C=O) groups is 2. The standard InChI is InChI=1S/C17H12N2O3/c1-8-3-5-11-14(18-8)17(21)15-13(16(11)20)10-6-4-9(22-2)7-12(10)19-15/h3-7,19H,1-2H3. The molecule has 1 aliphatic carbocycles. The lowest BCUT2D eigenvalue weighted by Crippen LogP contribution is -2.22. The topological polar surface area (TPSA) is 72.1 Å². The minimum atomic E-state index is -0.247. The van der Waals surface area contributed by atoms with Gasteiger partial charge in [-0.25, -0.2) is 4.98 Å². The lowest BCUT2D eigenvalue weighted by atomic mass is 9.90. The van der Waals surface area contributed by atoms with Crippen LogP contribution >= 0.6 is 0 Å². The Kier molecular flexibility index (Phi) is 2.48. The van der Waals surface area contributed by atoms with Crippen LogP contribution in [-0.2, 0) is 0 Å². The molecule has 1 N–H and O–H groups in total. The molecule has 108 valence electrons. The van der Waals surface area contributed by atoms with E-state index in [1.165, 1.54) is 0 Å². The van der Waals surface area contributed by atoms with Gasteiger partial charge in [0, 0.05) is 17.1 Å². The zero-order chi connectivity index (χ0) is 15.4. The number of nitrogens with zero attached hydrogens (tertiary/aromatic N) is 1. The number of ether oxygens (including phenoxy) is 1. The molecule has 2 heterocycles. The Morgan fingerprint density at radius 2 is 1.91 bits per heavy atom. The van der Waals surface area contributed by atoms with Gasteiger partial charge >= 0.3 is 0 Å². The maximum Gasteiger partial charge on any atom is 0.229 e. The maximum atomic E-state index is 12.8. The molecule has 0 spiro atoms. The van der Waals surface area contributed by atoms with E-state index in [4.69, 9.17) is 4.74 Å². The first-order valence-corrected chi connectivity index (χ1v) is 6.87. The normalized spacial score (nSPS) is 13.2. The second-order valence-electron chi connectivity index (χ2n) is 5.29. The predicted molar refractivity (Wildman–Crippen MR) is 80.7 cm³/mol. The number of carbonyl (C=O) groups excluding carboxylic acids is 2. The van der Waals surface area contributed by atoms with Gasteiger partial charge in [-0.1, -0.05) is 0 Å². The molecule has 0 fully saturated rings. The zero-order valence-electron chi connectivity index (χ0n) is 12.1. The largest absolute Gasteiger partial charge is 0.497 e. The summed E-state index contributed by atoms with van der Waals surface area (Å²) >= 11 is 0. The number of aryl methyl sites for hydroxylation is 1. The summed E-state index contributed by atoms with van der Waals surface area (Å²) in [6.45, 7) is 1.80. The second kappa shape index (κ2) is 4.27. The van der Waals surface area contributed by atoms with Crippen LogP contribution in [0.1, 0.15) is 37.8 Å². The van der Waals surface area contributed by atoms with Crippen molar-refractivity contribution in [3.05, 3.63) is 58.5 Å². The van der Waals surface area contributed by atoms with Gasteiger partial charge < -0.3 is 9.72 Å². The summed E-state index contributed by atoms with van der Waals surface area (Å²) in [6.07, 6.45) is 0. The molecule has 0 bridgehead atoms. The number of nitrogens with one attached hydrogen (secondary N) is 1. The van der Waals surface area contributed by atoms with E-state index in [-0.39, 0.29) is 17.3 Å². The van der Waals surface area contributed by atoms with Crippen molar-refractivity contribution < 1.29 is 14.3 Å². The molecule has 3 aromatic rings. The van der Waals surface area contributed by atoms with Gasteiger partial charge in [0.15, 0.2) is 5.78 Å². The lowest BCUT2D eigenvalue weighted by Gasteiger charge is -2.13. The highest BCUT2D eigenvalue weighted by Gasteiger charge is 2.34. The van der Waals surface area contributed by atoms with E-state index in [0.717, 1.165) is 5.39 Å². The highest BCUT2D eigenvalue weighted by molar-refractivity contribution is 6.31. The molecule has 5 nitrogen and oxygen atoms in total. The average molecular weight is 292 g/mol. The second-order valence-corrected chi connectivity index (χ2v) is 5.29. The van der Waals surface area contributed by atoms with Gasteiger partial charge in [0.05, 0.1) is 23.8 Å². The van der Waals surface area contributed by atoms with E-state index in [1.807, 2.05) is 0 Å². The number of ketones is 2. The number of hydrogen-bond acceptors (Lipinski definition) is 4. The van der Waals surface area contributed by atoms with Crippen molar-refractivity contribution in [1.82, 2.24) is 9.97 Å². The summed E-state index contributed by atoms with van der Waals surface area (Å²) < 4.78 is 5.18. The number of pyridine rings is 1. The molecule has 0 unspecified atom stereocenters. The number of aromatic amines is 1. The van der Waals surface area contributed by atoms with Crippen molar-refractivity contribution in [3.8, 4) is 5.75 Å². The van der Waals surface area contributed by atoms with Crippen LogP contribution in [0.2, 0.25) is 0 Å². The number of fused-ring (bicyclic) bond motifs is 4. The Bertz CT molecular complexity index is 969. The quantitative estimate of drug-likeness (QED) is 0.585. The molecule has 0 saturated carbocycles. The van der Waals surface area contributed by atoms with Gasteiger partial charge in [-0.3, -0.25) is 9.59 Å². The molecule has 5 heteroatoms. The van der Waals surface area contributed by atoms with Crippen molar-refractivity contribution in [2.24, 2.45) is 0 Å². The van der Waals surface area contributed by atoms with E-state index in [1.54, 1.807) is 44.4 Å². The molecular weight excluding hydrogens is 280 g/mol. The number of rotatable bonds is 1. The summed E-state index contributed by atoms with van der Waals surface area (Å²) in [5.74, 6) is 0.245. The highest BCUT2D eigenvalue weighted by Crippen LogP contribution is 2.33. The van der Waals surface area contributed by atoms with Crippen LogP contribution in [0.15, 0.2) is 30.3 Å². The fourth-order valence-corrected chi connectivity index (χ4v) is 2.88. The van der Waals surface area contributed by atoms with Gasteiger partial charge in [0.1, 0.15) is 17.1 Å². The van der Waals surface area contributed by atoms with Gasteiger partial charge in [-0.05, 0) is 31.2 Å². The third-order valence-corrected chi connectivity index (χ3v) is 3.95. The minimum absolute atomic E-state index is 0.173. The maximum absolute atomic E-state index is 12.8. The van der Waals surface area contributed by atoms with Gasteiger partial charge in [0.2, 0.25) is 5.78 Å². The number of benzene rings is 1. The smallest absolute Gasteiger partial charge is 0.229 e. The predicted octanol–water partition coefficient (Wildman–Crippen LogP) is 2.66. The van der Waals surface area contributed by atoms with Crippen molar-refractivity contribution in [3.63, 3.8) is 0 Å². The van der Waals surface area contributed by atoms with Gasteiger partial charge in [0.25, 0.3) is 0 Å². The lowest BCUT2D eigenvalue weighted by molar-refractivity contribution is 0.0974. The molecule has 1 aliphatic rings. The van der Waals surface area contributed by atoms with Crippen LogP contribution in [0, 0.1) is 6.92 Å². The molecule has 4 rings (SSSR count). The third-order valence-electron chi connectivity index (χ3n) is 3.95. The third kappa shape index (κ3) is 1.56. The van der Waals surface area contributed by atoms with E-state index >= 15 is 0 Å². The molecule has 22 heavy (non-hydrogen) atoms. The number of H-pyrrole nitrogens is 1. The van der Waals surface area contributed by atoms with Crippen molar-refractivity contribution in [1.29, 1.82) is 0 Å². The Morgan fingerprint density at radius 3 is 2.68 bits per heavy atom. The average Bonchev–Trinajstić information content (AvgIpc) is 2.91. The van der Waals surface area contributed by atoms with E-state index in [9.17, 15) is 9.59 Å². The van der Waals surface area contributed by atoms with Crippen molar-refractivity contribution in [2.75, 3.05) is 7.11 Å². The zero-order valence-corrected chi connectivity index (χ0v) is 12.1. The summed E-state index contributed by atoms with van der Waals surface area (Å²) in [5, 5.41) is 0.723.